The van der Waals surface area contributed by atoms with Crippen LogP contribution in [0.4, 0.5) is 10.1 Å². The zero-order chi connectivity index (χ0) is 14.9. The molecule has 1 N–H and O–H groups in total. The standard InChI is InChI=1S/C15H13Br3FN/c1-8-5-12(17)15(13(18)6-8)20-9(2)11-7-10(16)3-4-14(11)19/h3-7,9,20H,1-2H3. The molecule has 1 nitrogen and oxygen atoms in total. The van der Waals surface area contributed by atoms with Crippen LogP contribution in [0.2, 0.25) is 0 Å². The number of rotatable bonds is 3. The lowest BCUT2D eigenvalue weighted by atomic mass is 10.1. The molecule has 0 aliphatic carbocycles. The van der Waals surface area contributed by atoms with Crippen molar-refractivity contribution in [1.29, 1.82) is 0 Å². The first-order chi connectivity index (χ1) is 9.38. The average Bonchev–Trinajstić information content (AvgIpc) is 2.36. The van der Waals surface area contributed by atoms with E-state index in [0.29, 0.717) is 5.56 Å². The van der Waals surface area contributed by atoms with Gasteiger partial charge in [0.05, 0.1) is 11.7 Å². The summed E-state index contributed by atoms with van der Waals surface area (Å²) in [5.41, 5.74) is 2.69. The monoisotopic (exact) mass is 463 g/mol. The fourth-order valence-corrected chi connectivity index (χ4v) is 4.00. The lowest BCUT2D eigenvalue weighted by molar-refractivity contribution is 0.600. The van der Waals surface area contributed by atoms with Crippen LogP contribution in [0.5, 0.6) is 0 Å². The van der Waals surface area contributed by atoms with E-state index < -0.39 is 0 Å². The van der Waals surface area contributed by atoms with Crippen molar-refractivity contribution in [3.63, 3.8) is 0 Å². The van der Waals surface area contributed by atoms with Gasteiger partial charge in [0.15, 0.2) is 0 Å². The van der Waals surface area contributed by atoms with Crippen LogP contribution in [-0.4, -0.2) is 0 Å². The van der Waals surface area contributed by atoms with Gasteiger partial charge in [-0.25, -0.2) is 4.39 Å². The molecule has 0 saturated heterocycles. The molecule has 0 aromatic heterocycles. The van der Waals surface area contributed by atoms with Gasteiger partial charge in [-0.3, -0.25) is 0 Å². The SMILES string of the molecule is Cc1cc(Br)c(NC(C)c2cc(Br)ccc2F)c(Br)c1. The van der Waals surface area contributed by atoms with Gasteiger partial charge in [0.2, 0.25) is 0 Å². The summed E-state index contributed by atoms with van der Waals surface area (Å²) in [5.74, 6) is -0.215. The number of nitrogens with one attached hydrogen (secondary N) is 1. The highest BCUT2D eigenvalue weighted by Crippen LogP contribution is 2.35. The topological polar surface area (TPSA) is 12.0 Å². The van der Waals surface area contributed by atoms with Crippen LogP contribution in [0.15, 0.2) is 43.7 Å². The molecule has 2 aromatic carbocycles. The Hall–Kier alpha value is -0.390. The molecule has 1 unspecified atom stereocenters. The smallest absolute Gasteiger partial charge is 0.128 e. The Kier molecular flexibility index (Phi) is 5.26. The highest BCUT2D eigenvalue weighted by molar-refractivity contribution is 9.11. The molecule has 20 heavy (non-hydrogen) atoms. The van der Waals surface area contributed by atoms with Crippen LogP contribution >= 0.6 is 47.8 Å². The first kappa shape index (κ1) is 16.0. The molecule has 106 valence electrons. The van der Waals surface area contributed by atoms with Gasteiger partial charge >= 0.3 is 0 Å². The Balaban J connectivity index is 2.32. The van der Waals surface area contributed by atoms with E-state index in [4.69, 9.17) is 0 Å². The van der Waals surface area contributed by atoms with Crippen LogP contribution in [0, 0.1) is 12.7 Å². The summed E-state index contributed by atoms with van der Waals surface area (Å²) in [6.07, 6.45) is 0. The van der Waals surface area contributed by atoms with Crippen LogP contribution in [-0.2, 0) is 0 Å². The van der Waals surface area contributed by atoms with Crippen molar-refractivity contribution in [2.75, 3.05) is 5.32 Å². The van der Waals surface area contributed by atoms with E-state index in [2.05, 4.69) is 53.1 Å². The zero-order valence-electron chi connectivity index (χ0n) is 11.0. The number of anilines is 1. The van der Waals surface area contributed by atoms with E-state index in [0.717, 1.165) is 24.7 Å². The van der Waals surface area contributed by atoms with E-state index >= 15 is 0 Å². The molecule has 0 bridgehead atoms. The fourth-order valence-electron chi connectivity index (χ4n) is 1.98. The summed E-state index contributed by atoms with van der Waals surface area (Å²) in [7, 11) is 0. The predicted molar refractivity (Wildman–Crippen MR) is 92.7 cm³/mol. The Morgan fingerprint density at radius 2 is 1.65 bits per heavy atom. The molecular formula is C15H13Br3FN. The van der Waals surface area contributed by atoms with Gasteiger partial charge in [0.25, 0.3) is 0 Å². The van der Waals surface area contributed by atoms with Crippen molar-refractivity contribution in [1.82, 2.24) is 0 Å². The van der Waals surface area contributed by atoms with Gasteiger partial charge in [-0.05, 0) is 81.6 Å². The van der Waals surface area contributed by atoms with Gasteiger partial charge in [-0.15, -0.1) is 0 Å². The second kappa shape index (κ2) is 6.58. The third-order valence-corrected chi connectivity index (χ3v) is 4.72. The minimum absolute atomic E-state index is 0.150. The lowest BCUT2D eigenvalue weighted by Crippen LogP contribution is -2.09. The molecule has 0 saturated carbocycles. The molecule has 0 fully saturated rings. The summed E-state index contributed by atoms with van der Waals surface area (Å²) in [4.78, 5) is 0. The molecule has 2 aromatic rings. The first-order valence-electron chi connectivity index (χ1n) is 6.05. The summed E-state index contributed by atoms with van der Waals surface area (Å²) < 4.78 is 16.7. The van der Waals surface area contributed by atoms with Crippen molar-refractivity contribution in [3.8, 4) is 0 Å². The molecule has 0 heterocycles. The minimum atomic E-state index is -0.215. The molecule has 0 radical (unpaired) electrons. The Morgan fingerprint density at radius 1 is 1.05 bits per heavy atom. The van der Waals surface area contributed by atoms with Crippen LogP contribution in [0.1, 0.15) is 24.1 Å². The number of hydrogen-bond acceptors (Lipinski definition) is 1. The quantitative estimate of drug-likeness (QED) is 0.538. The molecule has 1 atom stereocenters. The summed E-state index contributed by atoms with van der Waals surface area (Å²) in [6, 6.07) is 8.86. The highest BCUT2D eigenvalue weighted by atomic mass is 79.9. The fraction of sp³-hybridized carbons (Fsp3) is 0.200. The maximum absolute atomic E-state index is 13.9. The molecule has 0 aliphatic heterocycles. The van der Waals surface area contributed by atoms with Crippen LogP contribution in [0.25, 0.3) is 0 Å². The molecule has 2 rings (SSSR count). The zero-order valence-corrected chi connectivity index (χ0v) is 15.7. The first-order valence-corrected chi connectivity index (χ1v) is 8.43. The van der Waals surface area contributed by atoms with Gasteiger partial charge in [-0.2, -0.15) is 0 Å². The van der Waals surface area contributed by atoms with Crippen molar-refractivity contribution >= 4 is 53.5 Å². The van der Waals surface area contributed by atoms with E-state index in [1.165, 1.54) is 6.07 Å². The summed E-state index contributed by atoms with van der Waals surface area (Å²) in [6.45, 7) is 3.96. The summed E-state index contributed by atoms with van der Waals surface area (Å²) in [5, 5.41) is 3.34. The average molecular weight is 466 g/mol. The molecule has 0 spiro atoms. The maximum atomic E-state index is 13.9. The van der Waals surface area contributed by atoms with Gasteiger partial charge < -0.3 is 5.32 Å². The minimum Gasteiger partial charge on any atom is -0.377 e. The van der Waals surface area contributed by atoms with Gasteiger partial charge in [0, 0.05) is 19.0 Å². The summed E-state index contributed by atoms with van der Waals surface area (Å²) >= 11 is 10.4. The van der Waals surface area contributed by atoms with E-state index in [1.54, 1.807) is 12.1 Å². The second-order valence-corrected chi connectivity index (χ2v) is 7.26. The van der Waals surface area contributed by atoms with Gasteiger partial charge in [0.1, 0.15) is 5.82 Å². The van der Waals surface area contributed by atoms with Crippen LogP contribution < -0.4 is 5.32 Å². The third kappa shape index (κ3) is 3.62. The van der Waals surface area contributed by atoms with Crippen molar-refractivity contribution < 1.29 is 4.39 Å². The highest BCUT2D eigenvalue weighted by Gasteiger charge is 2.14. The Morgan fingerprint density at radius 3 is 2.25 bits per heavy atom. The number of hydrogen-bond donors (Lipinski definition) is 1. The van der Waals surface area contributed by atoms with Gasteiger partial charge in [-0.1, -0.05) is 15.9 Å². The largest absolute Gasteiger partial charge is 0.377 e. The van der Waals surface area contributed by atoms with Crippen molar-refractivity contribution in [3.05, 3.63) is 60.7 Å². The maximum Gasteiger partial charge on any atom is 0.128 e. The molecule has 5 heteroatoms. The normalized spacial score (nSPS) is 12.3. The molecule has 0 aliphatic rings. The van der Waals surface area contributed by atoms with E-state index in [1.807, 2.05) is 26.0 Å². The lowest BCUT2D eigenvalue weighted by Gasteiger charge is -2.19. The number of halogens is 4. The Bertz CT molecular complexity index is 620. The number of aryl methyl sites for hydroxylation is 1. The molecule has 0 amide bonds. The van der Waals surface area contributed by atoms with E-state index in [9.17, 15) is 4.39 Å². The van der Waals surface area contributed by atoms with Crippen LogP contribution in [0.3, 0.4) is 0 Å². The third-order valence-electron chi connectivity index (χ3n) is 2.97. The Labute approximate surface area is 143 Å². The second-order valence-electron chi connectivity index (χ2n) is 4.64. The van der Waals surface area contributed by atoms with E-state index in [-0.39, 0.29) is 11.9 Å². The number of benzene rings is 2. The predicted octanol–water partition coefficient (Wildman–Crippen LogP) is 6.59. The molecular weight excluding hydrogens is 453 g/mol. The van der Waals surface area contributed by atoms with Crippen molar-refractivity contribution in [2.45, 2.75) is 19.9 Å². The van der Waals surface area contributed by atoms with Crippen molar-refractivity contribution in [2.24, 2.45) is 0 Å².